The number of hydrogen-bond donors (Lipinski definition) is 1. The average Bonchev–Trinajstić information content (AvgIpc) is 3.05. The first-order chi connectivity index (χ1) is 11.0. The number of pyridine rings is 1. The lowest BCUT2D eigenvalue weighted by atomic mass is 10.0. The van der Waals surface area contributed by atoms with Gasteiger partial charge in [0.05, 0.1) is 5.52 Å². The van der Waals surface area contributed by atoms with Crippen molar-refractivity contribution >= 4 is 10.9 Å². The van der Waals surface area contributed by atoms with Crippen LogP contribution < -0.4 is 5.43 Å². The minimum atomic E-state index is 0.145. The Kier molecular flexibility index (Phi) is 3.54. The Labute approximate surface area is 137 Å². The molecular formula is C19H25N3O. The van der Waals surface area contributed by atoms with Crippen LogP contribution in [0, 0.1) is 19.8 Å². The van der Waals surface area contributed by atoms with Crippen LogP contribution in [0.25, 0.3) is 10.9 Å². The summed E-state index contributed by atoms with van der Waals surface area (Å²) in [5.41, 5.74) is 4.38. The van der Waals surface area contributed by atoms with Gasteiger partial charge >= 0.3 is 0 Å². The van der Waals surface area contributed by atoms with Crippen molar-refractivity contribution in [1.82, 2.24) is 14.8 Å². The number of likely N-dealkylation sites (tertiary alicyclic amines) is 2. The largest absolute Gasteiger partial charge is 0.357 e. The number of rotatable bonds is 2. The number of likely N-dealkylation sites (N-methyl/N-ethyl adjacent to an activating group) is 1. The first kappa shape index (κ1) is 14.9. The zero-order valence-corrected chi connectivity index (χ0v) is 14.2. The van der Waals surface area contributed by atoms with Crippen molar-refractivity contribution in [2.75, 3.05) is 26.7 Å². The van der Waals surface area contributed by atoms with Crippen molar-refractivity contribution < 1.29 is 0 Å². The number of fused-ring (bicyclic) bond motifs is 2. The van der Waals surface area contributed by atoms with Crippen molar-refractivity contribution in [3.63, 3.8) is 0 Å². The number of aromatic nitrogens is 1. The number of H-pyrrole nitrogens is 1. The number of aromatic amines is 1. The molecule has 23 heavy (non-hydrogen) atoms. The van der Waals surface area contributed by atoms with Crippen molar-refractivity contribution in [2.45, 2.75) is 32.9 Å². The van der Waals surface area contributed by atoms with Gasteiger partial charge in [-0.3, -0.25) is 9.69 Å². The molecule has 122 valence electrons. The number of aryl methyl sites for hydroxylation is 2. The third-order valence-electron chi connectivity index (χ3n) is 5.75. The zero-order valence-electron chi connectivity index (χ0n) is 14.2. The molecule has 0 aliphatic carbocycles. The Hall–Kier alpha value is -1.65. The molecule has 3 heterocycles. The standard InChI is InChI=1S/C19H25N3O/c1-12-4-5-13(2)19-18(12)17(23)8-15(20-19)10-22-9-14-6-7-21(3)16(14)11-22/h4-5,8,14,16H,6-7,9-11H2,1-3H3,(H,20,23)/t14-,16+/m0/s1. The summed E-state index contributed by atoms with van der Waals surface area (Å²) >= 11 is 0. The maximum absolute atomic E-state index is 12.5. The molecule has 2 aliphatic rings. The molecular weight excluding hydrogens is 286 g/mol. The van der Waals surface area contributed by atoms with Gasteiger partial charge in [-0.25, -0.2) is 0 Å². The van der Waals surface area contributed by atoms with Gasteiger partial charge in [0.1, 0.15) is 0 Å². The van der Waals surface area contributed by atoms with E-state index in [0.717, 1.165) is 53.3 Å². The van der Waals surface area contributed by atoms with Crippen LogP contribution in [0.3, 0.4) is 0 Å². The quantitative estimate of drug-likeness (QED) is 0.925. The van der Waals surface area contributed by atoms with Gasteiger partial charge in [-0.2, -0.15) is 0 Å². The monoisotopic (exact) mass is 311 g/mol. The summed E-state index contributed by atoms with van der Waals surface area (Å²) in [5.74, 6) is 0.802. The zero-order chi connectivity index (χ0) is 16.1. The number of nitrogens with one attached hydrogen (secondary N) is 1. The van der Waals surface area contributed by atoms with Gasteiger partial charge in [0.2, 0.25) is 0 Å². The second-order valence-electron chi connectivity index (χ2n) is 7.40. The predicted molar refractivity (Wildman–Crippen MR) is 93.8 cm³/mol. The summed E-state index contributed by atoms with van der Waals surface area (Å²) in [5, 5.41) is 0.840. The molecule has 2 fully saturated rings. The first-order valence-electron chi connectivity index (χ1n) is 8.57. The molecule has 1 N–H and O–H groups in total. The highest BCUT2D eigenvalue weighted by Gasteiger charge is 2.39. The Bertz CT molecular complexity index is 810. The van der Waals surface area contributed by atoms with Crippen LogP contribution in [0.1, 0.15) is 23.2 Å². The smallest absolute Gasteiger partial charge is 0.189 e. The van der Waals surface area contributed by atoms with E-state index < -0.39 is 0 Å². The molecule has 4 heteroatoms. The van der Waals surface area contributed by atoms with Gasteiger partial charge in [-0.1, -0.05) is 12.1 Å². The number of nitrogens with zero attached hydrogens (tertiary/aromatic N) is 2. The van der Waals surface area contributed by atoms with E-state index in [4.69, 9.17) is 0 Å². The van der Waals surface area contributed by atoms with E-state index in [1.165, 1.54) is 13.0 Å². The van der Waals surface area contributed by atoms with E-state index in [1.807, 2.05) is 13.0 Å². The molecule has 4 nitrogen and oxygen atoms in total. The van der Waals surface area contributed by atoms with Crippen LogP contribution in [0.5, 0.6) is 0 Å². The Morgan fingerprint density at radius 2 is 2.00 bits per heavy atom. The molecule has 1 aromatic heterocycles. The summed E-state index contributed by atoms with van der Waals surface area (Å²) in [6, 6.07) is 6.62. The third-order valence-corrected chi connectivity index (χ3v) is 5.75. The van der Waals surface area contributed by atoms with Gasteiger partial charge in [0.25, 0.3) is 0 Å². The fourth-order valence-corrected chi connectivity index (χ4v) is 4.43. The molecule has 0 radical (unpaired) electrons. The molecule has 0 unspecified atom stereocenters. The predicted octanol–water partition coefficient (Wildman–Crippen LogP) is 2.28. The minimum absolute atomic E-state index is 0.145. The topological polar surface area (TPSA) is 39.3 Å². The highest BCUT2D eigenvalue weighted by atomic mass is 16.1. The van der Waals surface area contributed by atoms with Crippen molar-refractivity contribution in [3.05, 3.63) is 45.2 Å². The van der Waals surface area contributed by atoms with Crippen LogP contribution in [0.4, 0.5) is 0 Å². The number of hydrogen-bond acceptors (Lipinski definition) is 3. The maximum Gasteiger partial charge on any atom is 0.189 e. The van der Waals surface area contributed by atoms with Gasteiger partial charge in [0, 0.05) is 42.8 Å². The number of benzene rings is 1. The van der Waals surface area contributed by atoms with E-state index in [-0.39, 0.29) is 5.43 Å². The lowest BCUT2D eigenvalue weighted by Gasteiger charge is -2.20. The fourth-order valence-electron chi connectivity index (χ4n) is 4.43. The summed E-state index contributed by atoms with van der Waals surface area (Å²) in [7, 11) is 2.23. The van der Waals surface area contributed by atoms with Crippen LogP contribution in [0.15, 0.2) is 23.0 Å². The van der Waals surface area contributed by atoms with Gasteiger partial charge in [-0.05, 0) is 50.9 Å². The normalized spacial score (nSPS) is 25.3. The highest BCUT2D eigenvalue weighted by Crippen LogP contribution is 2.30. The fraction of sp³-hybridized carbons (Fsp3) is 0.526. The molecule has 2 aromatic rings. The molecule has 0 saturated carbocycles. The summed E-state index contributed by atoms with van der Waals surface area (Å²) < 4.78 is 0. The average molecular weight is 311 g/mol. The van der Waals surface area contributed by atoms with Crippen LogP contribution in [-0.2, 0) is 6.54 Å². The summed E-state index contributed by atoms with van der Waals surface area (Å²) in [4.78, 5) is 21.1. The molecule has 0 bridgehead atoms. The Morgan fingerprint density at radius 3 is 2.78 bits per heavy atom. The van der Waals surface area contributed by atoms with Gasteiger partial charge < -0.3 is 9.88 Å². The molecule has 2 atom stereocenters. The molecule has 4 rings (SSSR count). The Balaban J connectivity index is 1.63. The first-order valence-corrected chi connectivity index (χ1v) is 8.57. The molecule has 2 aliphatic heterocycles. The SMILES string of the molecule is Cc1ccc(C)c2c(=O)cc(CN3C[C@@H]4CCN(C)[C@@H]4C3)[nH]c12. The minimum Gasteiger partial charge on any atom is -0.357 e. The van der Waals surface area contributed by atoms with E-state index in [0.29, 0.717) is 6.04 Å². The van der Waals surface area contributed by atoms with Crippen LogP contribution >= 0.6 is 0 Å². The van der Waals surface area contributed by atoms with Crippen LogP contribution in [-0.4, -0.2) is 47.5 Å². The van der Waals surface area contributed by atoms with Gasteiger partial charge in [0.15, 0.2) is 5.43 Å². The van der Waals surface area contributed by atoms with Crippen LogP contribution in [0.2, 0.25) is 0 Å². The Morgan fingerprint density at radius 1 is 1.22 bits per heavy atom. The molecule has 2 saturated heterocycles. The van der Waals surface area contributed by atoms with Crippen molar-refractivity contribution in [1.29, 1.82) is 0 Å². The lowest BCUT2D eigenvalue weighted by molar-refractivity contribution is 0.254. The van der Waals surface area contributed by atoms with E-state index in [2.05, 4.69) is 34.8 Å². The van der Waals surface area contributed by atoms with Gasteiger partial charge in [-0.15, -0.1) is 0 Å². The second kappa shape index (κ2) is 5.46. The van der Waals surface area contributed by atoms with E-state index in [9.17, 15) is 4.79 Å². The molecule has 1 aromatic carbocycles. The third kappa shape index (κ3) is 2.50. The molecule has 0 amide bonds. The lowest BCUT2D eigenvalue weighted by Crippen LogP contribution is -2.32. The molecule has 0 spiro atoms. The van der Waals surface area contributed by atoms with Crippen molar-refractivity contribution in [2.24, 2.45) is 5.92 Å². The summed E-state index contributed by atoms with van der Waals surface area (Å²) in [6.07, 6.45) is 1.31. The summed E-state index contributed by atoms with van der Waals surface area (Å²) in [6.45, 7) is 8.43. The highest BCUT2D eigenvalue weighted by molar-refractivity contribution is 5.84. The van der Waals surface area contributed by atoms with E-state index in [1.54, 1.807) is 6.07 Å². The van der Waals surface area contributed by atoms with Crippen molar-refractivity contribution in [3.8, 4) is 0 Å². The second-order valence-corrected chi connectivity index (χ2v) is 7.40. The van der Waals surface area contributed by atoms with E-state index >= 15 is 0 Å². The maximum atomic E-state index is 12.5.